The van der Waals surface area contributed by atoms with E-state index in [1.165, 1.54) is 6.07 Å². The molecule has 0 aromatic heterocycles. The van der Waals surface area contributed by atoms with Crippen molar-refractivity contribution in [1.29, 1.82) is 0 Å². The third-order valence-corrected chi connectivity index (χ3v) is 5.47. The summed E-state index contributed by atoms with van der Waals surface area (Å²) in [5.41, 5.74) is -0.947. The monoisotopic (exact) mass is 452 g/mol. The lowest BCUT2D eigenvalue weighted by Crippen LogP contribution is -2.43. The van der Waals surface area contributed by atoms with Crippen molar-refractivity contribution in [2.75, 3.05) is 19.9 Å². The van der Waals surface area contributed by atoms with E-state index in [-0.39, 0.29) is 25.0 Å². The maximum Gasteiger partial charge on any atom is 0.325 e. The van der Waals surface area contributed by atoms with Crippen molar-refractivity contribution in [2.24, 2.45) is 0 Å². The first-order valence-corrected chi connectivity index (χ1v) is 9.83. The topological polar surface area (TPSA) is 97.3 Å². The molecule has 1 saturated heterocycles. The second-order valence-corrected chi connectivity index (χ2v) is 7.92. The zero-order valence-corrected chi connectivity index (χ0v) is 17.4. The van der Waals surface area contributed by atoms with E-state index in [2.05, 4.69) is 5.32 Å². The molecule has 2 heterocycles. The number of rotatable bonds is 6. The molecule has 2 aromatic carbocycles. The predicted molar refractivity (Wildman–Crippen MR) is 108 cm³/mol. The molecule has 2 aliphatic rings. The minimum Gasteiger partial charge on any atom is -0.491 e. The number of fused-ring (bicyclic) bond motifs is 1. The Bertz CT molecular complexity index is 1020. The van der Waals surface area contributed by atoms with E-state index in [1.54, 1.807) is 37.3 Å². The SMILES string of the molecule is CC1(c2ccc(Cl)cc2Cl)NC(=O)N(CC(O)COc2ccc3c(c2)OCO3)C1=O. The number of nitrogens with zero attached hydrogens (tertiary/aromatic N) is 1. The number of carbonyl (C=O) groups excluding carboxylic acids is 2. The van der Waals surface area contributed by atoms with E-state index in [1.807, 2.05) is 0 Å². The molecule has 158 valence electrons. The van der Waals surface area contributed by atoms with E-state index < -0.39 is 23.6 Å². The summed E-state index contributed by atoms with van der Waals surface area (Å²) in [5.74, 6) is 1.10. The second kappa shape index (κ2) is 7.86. The Morgan fingerprint density at radius 3 is 2.73 bits per heavy atom. The summed E-state index contributed by atoms with van der Waals surface area (Å²) in [5, 5.41) is 13.6. The lowest BCUT2D eigenvalue weighted by Gasteiger charge is -2.24. The van der Waals surface area contributed by atoms with Gasteiger partial charge in [-0.1, -0.05) is 29.3 Å². The molecule has 0 bridgehead atoms. The summed E-state index contributed by atoms with van der Waals surface area (Å²) in [4.78, 5) is 26.4. The molecule has 30 heavy (non-hydrogen) atoms. The van der Waals surface area contributed by atoms with Crippen LogP contribution in [0.4, 0.5) is 4.79 Å². The van der Waals surface area contributed by atoms with Gasteiger partial charge in [0, 0.05) is 21.7 Å². The maximum atomic E-state index is 13.0. The number of urea groups is 1. The Morgan fingerprint density at radius 1 is 1.20 bits per heavy atom. The highest BCUT2D eigenvalue weighted by Gasteiger charge is 2.50. The van der Waals surface area contributed by atoms with E-state index >= 15 is 0 Å². The van der Waals surface area contributed by atoms with Crippen LogP contribution >= 0.6 is 23.2 Å². The van der Waals surface area contributed by atoms with E-state index in [9.17, 15) is 14.7 Å². The van der Waals surface area contributed by atoms with Crippen LogP contribution in [0.25, 0.3) is 0 Å². The van der Waals surface area contributed by atoms with Crippen molar-refractivity contribution in [3.63, 3.8) is 0 Å². The largest absolute Gasteiger partial charge is 0.491 e. The number of aliphatic hydroxyl groups excluding tert-OH is 1. The first kappa shape index (κ1) is 20.6. The summed E-state index contributed by atoms with van der Waals surface area (Å²) in [7, 11) is 0. The maximum absolute atomic E-state index is 13.0. The molecule has 1 fully saturated rings. The van der Waals surface area contributed by atoms with Crippen molar-refractivity contribution in [3.8, 4) is 17.2 Å². The number of hydrogen-bond acceptors (Lipinski definition) is 6. The molecule has 3 amide bonds. The molecule has 8 nitrogen and oxygen atoms in total. The van der Waals surface area contributed by atoms with Gasteiger partial charge in [0.2, 0.25) is 6.79 Å². The Hall–Kier alpha value is -2.68. The zero-order chi connectivity index (χ0) is 21.5. The van der Waals surface area contributed by atoms with Crippen LogP contribution in [0.2, 0.25) is 10.0 Å². The fourth-order valence-corrected chi connectivity index (χ4v) is 3.96. The molecular weight excluding hydrogens is 435 g/mol. The van der Waals surface area contributed by atoms with Gasteiger partial charge in [-0.25, -0.2) is 4.79 Å². The van der Waals surface area contributed by atoms with Gasteiger partial charge in [-0.2, -0.15) is 0 Å². The number of nitrogens with one attached hydrogen (secondary N) is 1. The van der Waals surface area contributed by atoms with Crippen molar-refractivity contribution in [3.05, 3.63) is 52.0 Å². The van der Waals surface area contributed by atoms with Crippen LogP contribution in [0.15, 0.2) is 36.4 Å². The molecule has 0 aliphatic carbocycles. The van der Waals surface area contributed by atoms with Crippen LogP contribution < -0.4 is 19.5 Å². The Labute approximate surface area is 182 Å². The van der Waals surface area contributed by atoms with Crippen LogP contribution in [0, 0.1) is 0 Å². The van der Waals surface area contributed by atoms with Gasteiger partial charge in [0.15, 0.2) is 11.5 Å². The number of carbonyl (C=O) groups is 2. The van der Waals surface area contributed by atoms with E-state index in [4.69, 9.17) is 37.4 Å². The van der Waals surface area contributed by atoms with Crippen molar-refractivity contribution < 1.29 is 28.9 Å². The summed E-state index contributed by atoms with van der Waals surface area (Å²) >= 11 is 12.1. The van der Waals surface area contributed by atoms with Crippen molar-refractivity contribution in [2.45, 2.75) is 18.6 Å². The van der Waals surface area contributed by atoms with E-state index in [0.29, 0.717) is 27.8 Å². The second-order valence-electron chi connectivity index (χ2n) is 7.07. The van der Waals surface area contributed by atoms with Gasteiger partial charge in [0.05, 0.1) is 6.54 Å². The molecule has 2 N–H and O–H groups in total. The summed E-state index contributed by atoms with van der Waals surface area (Å²) < 4.78 is 16.1. The number of β-amino-alcohol motifs (C(OH)–C–C–N with tert-alkyl or cyclic N) is 1. The van der Waals surface area contributed by atoms with Gasteiger partial charge in [0.25, 0.3) is 5.91 Å². The number of aliphatic hydroxyl groups is 1. The quantitative estimate of drug-likeness (QED) is 0.653. The number of hydrogen-bond donors (Lipinski definition) is 2. The summed E-state index contributed by atoms with van der Waals surface area (Å²) in [6, 6.07) is 9.06. The highest BCUT2D eigenvalue weighted by molar-refractivity contribution is 6.35. The third kappa shape index (κ3) is 3.74. The molecule has 0 spiro atoms. The highest BCUT2D eigenvalue weighted by atomic mass is 35.5. The average molecular weight is 453 g/mol. The van der Waals surface area contributed by atoms with Crippen molar-refractivity contribution >= 4 is 35.1 Å². The normalized spacial score (nSPS) is 21.0. The molecule has 2 aliphatic heterocycles. The first-order valence-electron chi connectivity index (χ1n) is 9.08. The van der Waals surface area contributed by atoms with Crippen LogP contribution in [0.3, 0.4) is 0 Å². The number of imide groups is 1. The van der Waals surface area contributed by atoms with Gasteiger partial charge < -0.3 is 24.6 Å². The number of amides is 3. The Morgan fingerprint density at radius 2 is 1.97 bits per heavy atom. The third-order valence-electron chi connectivity index (χ3n) is 4.92. The number of halogens is 2. The zero-order valence-electron chi connectivity index (χ0n) is 15.9. The standard InChI is InChI=1S/C20H18Cl2N2O6/c1-20(14-4-2-11(21)6-15(14)22)18(26)24(19(27)23-20)8-12(25)9-28-13-3-5-16-17(7-13)30-10-29-16/h2-7,12,25H,8-10H2,1H3,(H,23,27). The molecule has 0 saturated carbocycles. The fraction of sp³-hybridized carbons (Fsp3) is 0.300. The van der Waals surface area contributed by atoms with E-state index in [0.717, 1.165) is 4.90 Å². The minimum absolute atomic E-state index is 0.130. The minimum atomic E-state index is -1.36. The molecule has 4 rings (SSSR count). The summed E-state index contributed by atoms with van der Waals surface area (Å²) in [6.45, 7) is 1.33. The molecule has 2 aromatic rings. The lowest BCUT2D eigenvalue weighted by atomic mass is 9.92. The summed E-state index contributed by atoms with van der Waals surface area (Å²) in [6.07, 6.45) is -1.10. The van der Waals surface area contributed by atoms with Gasteiger partial charge >= 0.3 is 6.03 Å². The van der Waals surface area contributed by atoms with Gasteiger partial charge in [-0.05, 0) is 31.2 Å². The van der Waals surface area contributed by atoms with Gasteiger partial charge in [-0.3, -0.25) is 9.69 Å². The lowest BCUT2D eigenvalue weighted by molar-refractivity contribution is -0.132. The predicted octanol–water partition coefficient (Wildman–Crippen LogP) is 2.93. The number of ether oxygens (including phenoxy) is 3. The van der Waals surface area contributed by atoms with Gasteiger partial charge in [-0.15, -0.1) is 0 Å². The molecule has 10 heteroatoms. The fourth-order valence-electron chi connectivity index (χ4n) is 3.36. The Kier molecular flexibility index (Phi) is 5.40. The van der Waals surface area contributed by atoms with Crippen LogP contribution in [0.1, 0.15) is 12.5 Å². The van der Waals surface area contributed by atoms with Crippen molar-refractivity contribution in [1.82, 2.24) is 10.2 Å². The molecular formula is C20H18Cl2N2O6. The smallest absolute Gasteiger partial charge is 0.325 e. The molecule has 2 atom stereocenters. The molecule has 0 radical (unpaired) electrons. The van der Waals surface area contributed by atoms with Crippen LogP contribution in [-0.2, 0) is 10.3 Å². The number of benzene rings is 2. The van der Waals surface area contributed by atoms with Gasteiger partial charge in [0.1, 0.15) is 24.0 Å². The Balaban J connectivity index is 1.41. The van der Waals surface area contributed by atoms with Crippen LogP contribution in [-0.4, -0.2) is 48.0 Å². The molecule has 2 unspecified atom stereocenters. The van der Waals surface area contributed by atoms with Crippen LogP contribution in [0.5, 0.6) is 17.2 Å². The average Bonchev–Trinajstić information content (AvgIpc) is 3.24. The first-order chi connectivity index (χ1) is 14.3. The highest BCUT2D eigenvalue weighted by Crippen LogP contribution is 2.36.